The zero-order valence-corrected chi connectivity index (χ0v) is 13.9. The largest absolute Gasteiger partial charge is 0.483 e. The van der Waals surface area contributed by atoms with Gasteiger partial charge in [-0.05, 0) is 39.0 Å². The first-order valence-corrected chi connectivity index (χ1v) is 7.81. The maximum Gasteiger partial charge on any atom is 0.336 e. The molecule has 128 valence electrons. The second kappa shape index (κ2) is 6.30. The van der Waals surface area contributed by atoms with Crippen LogP contribution >= 0.6 is 0 Å². The fraction of sp³-hybridized carbons (Fsp3) is 0.389. The summed E-state index contributed by atoms with van der Waals surface area (Å²) >= 11 is 0. The van der Waals surface area contributed by atoms with E-state index in [2.05, 4.69) is 0 Å². The van der Waals surface area contributed by atoms with Gasteiger partial charge in [-0.3, -0.25) is 0 Å². The minimum atomic E-state index is -0.867. The molecule has 0 saturated heterocycles. The second-order valence-corrected chi connectivity index (χ2v) is 6.08. The van der Waals surface area contributed by atoms with E-state index >= 15 is 0 Å². The Morgan fingerprint density at radius 3 is 2.71 bits per heavy atom. The monoisotopic (exact) mass is 332 g/mol. The number of benzene rings is 1. The second-order valence-electron chi connectivity index (χ2n) is 6.08. The number of aliphatic hydroxyl groups excluding tert-OH is 1. The van der Waals surface area contributed by atoms with E-state index in [1.165, 1.54) is 12.3 Å². The molecule has 1 N–H and O–H groups in total. The minimum absolute atomic E-state index is 0.0273. The van der Waals surface area contributed by atoms with Crippen molar-refractivity contribution in [3.05, 3.63) is 40.9 Å². The van der Waals surface area contributed by atoms with E-state index in [1.54, 1.807) is 26.0 Å². The smallest absolute Gasteiger partial charge is 0.336 e. The summed E-state index contributed by atoms with van der Waals surface area (Å²) in [5.41, 5.74) is -0.472. The quantitative estimate of drug-likeness (QED) is 0.699. The molecule has 0 saturated carbocycles. The standard InChI is InChI=1S/C18H20O6/c1-4-23-18(2,3)13(19)10-22-17-15-12(7-8-21-15)9-11-5-6-14(20)24-16(11)17/h5-9,13,19H,4,10H2,1-3H3/t13-/m1/s1. The Labute approximate surface area is 138 Å². The summed E-state index contributed by atoms with van der Waals surface area (Å²) in [4.78, 5) is 11.6. The molecule has 0 unspecified atom stereocenters. The number of aliphatic hydroxyl groups is 1. The van der Waals surface area contributed by atoms with Crippen molar-refractivity contribution in [2.45, 2.75) is 32.5 Å². The van der Waals surface area contributed by atoms with Crippen molar-refractivity contribution in [3.63, 3.8) is 0 Å². The molecule has 1 aromatic carbocycles. The number of furan rings is 1. The minimum Gasteiger partial charge on any atom is -0.483 e. The van der Waals surface area contributed by atoms with Gasteiger partial charge >= 0.3 is 5.63 Å². The Hall–Kier alpha value is -2.31. The summed E-state index contributed by atoms with van der Waals surface area (Å²) in [5, 5.41) is 11.9. The van der Waals surface area contributed by atoms with Crippen LogP contribution in [0.4, 0.5) is 0 Å². The Bertz CT molecular complexity index is 905. The highest BCUT2D eigenvalue weighted by Crippen LogP contribution is 2.35. The molecule has 0 spiro atoms. The average Bonchev–Trinajstić information content (AvgIpc) is 2.99. The molecule has 24 heavy (non-hydrogen) atoms. The van der Waals surface area contributed by atoms with E-state index < -0.39 is 17.3 Å². The predicted octanol–water partition coefficient (Wildman–Crippen LogP) is 3.09. The molecule has 0 aliphatic heterocycles. The molecule has 1 atom stereocenters. The van der Waals surface area contributed by atoms with Crippen LogP contribution in [-0.4, -0.2) is 30.0 Å². The van der Waals surface area contributed by atoms with Crippen molar-refractivity contribution >= 4 is 21.9 Å². The SMILES string of the molecule is CCOC(C)(C)[C@H](O)COc1c2occc2cc2ccc(=O)oc12. The third kappa shape index (κ3) is 3.02. The van der Waals surface area contributed by atoms with Crippen molar-refractivity contribution < 1.29 is 23.4 Å². The summed E-state index contributed by atoms with van der Waals surface area (Å²) in [5.74, 6) is 0.302. The highest BCUT2D eigenvalue weighted by Gasteiger charge is 2.29. The fourth-order valence-electron chi connectivity index (χ4n) is 2.57. The maximum atomic E-state index is 11.6. The van der Waals surface area contributed by atoms with Crippen molar-refractivity contribution in [2.75, 3.05) is 13.2 Å². The van der Waals surface area contributed by atoms with Crippen LogP contribution in [0.25, 0.3) is 21.9 Å². The van der Waals surface area contributed by atoms with Gasteiger partial charge in [0.15, 0.2) is 11.2 Å². The van der Waals surface area contributed by atoms with Gasteiger partial charge in [0, 0.05) is 23.4 Å². The van der Waals surface area contributed by atoms with E-state index in [-0.39, 0.29) is 6.61 Å². The first-order valence-electron chi connectivity index (χ1n) is 7.81. The van der Waals surface area contributed by atoms with Gasteiger partial charge in [-0.1, -0.05) is 0 Å². The van der Waals surface area contributed by atoms with Gasteiger partial charge < -0.3 is 23.4 Å². The van der Waals surface area contributed by atoms with Crippen LogP contribution in [0.1, 0.15) is 20.8 Å². The van der Waals surface area contributed by atoms with E-state index in [4.69, 9.17) is 18.3 Å². The lowest BCUT2D eigenvalue weighted by Crippen LogP contribution is -2.42. The molecule has 0 fully saturated rings. The van der Waals surface area contributed by atoms with E-state index in [0.717, 1.165) is 10.8 Å². The van der Waals surface area contributed by atoms with Crippen molar-refractivity contribution in [2.24, 2.45) is 0 Å². The van der Waals surface area contributed by atoms with Crippen LogP contribution in [-0.2, 0) is 4.74 Å². The Balaban J connectivity index is 1.99. The molecule has 2 heterocycles. The highest BCUT2D eigenvalue weighted by atomic mass is 16.5. The van der Waals surface area contributed by atoms with E-state index in [1.807, 2.05) is 13.0 Å². The average molecular weight is 332 g/mol. The van der Waals surface area contributed by atoms with Crippen molar-refractivity contribution in [3.8, 4) is 5.75 Å². The van der Waals surface area contributed by atoms with Gasteiger partial charge in [-0.2, -0.15) is 0 Å². The Morgan fingerprint density at radius 2 is 1.96 bits per heavy atom. The Kier molecular flexibility index (Phi) is 4.34. The molecule has 6 heteroatoms. The van der Waals surface area contributed by atoms with Gasteiger partial charge in [-0.15, -0.1) is 0 Å². The third-order valence-electron chi connectivity index (χ3n) is 3.99. The number of fused-ring (bicyclic) bond motifs is 2. The fourth-order valence-corrected chi connectivity index (χ4v) is 2.57. The van der Waals surface area contributed by atoms with Gasteiger partial charge in [0.25, 0.3) is 0 Å². The van der Waals surface area contributed by atoms with Crippen LogP contribution < -0.4 is 10.4 Å². The highest BCUT2D eigenvalue weighted by molar-refractivity contribution is 5.99. The first-order chi connectivity index (χ1) is 11.4. The molecule has 0 radical (unpaired) electrons. The zero-order chi connectivity index (χ0) is 17.3. The number of ether oxygens (including phenoxy) is 2. The van der Waals surface area contributed by atoms with E-state index in [9.17, 15) is 9.90 Å². The van der Waals surface area contributed by atoms with Crippen LogP contribution in [0.5, 0.6) is 5.75 Å². The summed E-state index contributed by atoms with van der Waals surface area (Å²) in [7, 11) is 0. The summed E-state index contributed by atoms with van der Waals surface area (Å²) in [6, 6.07) is 6.67. The van der Waals surface area contributed by atoms with Crippen LogP contribution in [0.3, 0.4) is 0 Å². The topological polar surface area (TPSA) is 82.0 Å². The van der Waals surface area contributed by atoms with Gasteiger partial charge in [0.05, 0.1) is 11.9 Å². The predicted molar refractivity (Wildman–Crippen MR) is 89.5 cm³/mol. The van der Waals surface area contributed by atoms with Crippen LogP contribution in [0.15, 0.2) is 44.2 Å². The van der Waals surface area contributed by atoms with Gasteiger partial charge in [-0.25, -0.2) is 4.79 Å². The van der Waals surface area contributed by atoms with Crippen molar-refractivity contribution in [1.29, 1.82) is 0 Å². The molecule has 0 aliphatic rings. The summed E-state index contributed by atoms with van der Waals surface area (Å²) < 4.78 is 22.1. The molecule has 2 aromatic heterocycles. The lowest BCUT2D eigenvalue weighted by molar-refractivity contribution is -0.108. The lowest BCUT2D eigenvalue weighted by atomic mass is 10.0. The van der Waals surface area contributed by atoms with E-state index in [0.29, 0.717) is 23.5 Å². The Morgan fingerprint density at radius 1 is 1.21 bits per heavy atom. The first kappa shape index (κ1) is 16.5. The molecule has 0 aliphatic carbocycles. The molecular formula is C18H20O6. The lowest BCUT2D eigenvalue weighted by Gasteiger charge is -2.30. The normalized spacial score (nSPS) is 13.5. The van der Waals surface area contributed by atoms with Gasteiger partial charge in [0.1, 0.15) is 12.7 Å². The van der Waals surface area contributed by atoms with Crippen LogP contribution in [0, 0.1) is 0 Å². The third-order valence-corrected chi connectivity index (χ3v) is 3.99. The molecule has 3 rings (SSSR count). The number of hydrogen-bond donors (Lipinski definition) is 1. The van der Waals surface area contributed by atoms with Crippen LogP contribution in [0.2, 0.25) is 0 Å². The molecule has 3 aromatic rings. The zero-order valence-electron chi connectivity index (χ0n) is 13.9. The summed E-state index contributed by atoms with van der Waals surface area (Å²) in [6.07, 6.45) is 0.669. The number of hydrogen-bond acceptors (Lipinski definition) is 6. The molecule has 0 amide bonds. The molecular weight excluding hydrogens is 312 g/mol. The summed E-state index contributed by atoms with van der Waals surface area (Å²) in [6.45, 7) is 5.89. The maximum absolute atomic E-state index is 11.6. The molecule has 0 bridgehead atoms. The van der Waals surface area contributed by atoms with Gasteiger partial charge in [0.2, 0.25) is 5.75 Å². The van der Waals surface area contributed by atoms with Crippen molar-refractivity contribution in [1.82, 2.24) is 0 Å². The molecule has 6 nitrogen and oxygen atoms in total. The number of rotatable bonds is 6.